The highest BCUT2D eigenvalue weighted by atomic mass is 32.1. The van der Waals surface area contributed by atoms with Crippen molar-refractivity contribution in [3.05, 3.63) is 40.2 Å². The van der Waals surface area contributed by atoms with Gasteiger partial charge in [-0.2, -0.15) is 4.37 Å². The van der Waals surface area contributed by atoms with E-state index in [0.717, 1.165) is 56.7 Å². The van der Waals surface area contributed by atoms with E-state index in [2.05, 4.69) is 31.9 Å². The molecule has 2 heterocycles. The normalized spacial score (nSPS) is 14.7. The molecule has 34 heavy (non-hydrogen) atoms. The first-order chi connectivity index (χ1) is 16.2. The number of benzene rings is 1. The number of likely N-dealkylation sites (N-methyl/N-ethyl adjacent to an activating group) is 1. The Morgan fingerprint density at radius 2 is 1.91 bits per heavy atom. The molecule has 9 nitrogen and oxygen atoms in total. The monoisotopic (exact) mass is 500 g/mol. The minimum atomic E-state index is -1.39. The number of ether oxygens (including phenoxy) is 1. The fourth-order valence-corrected chi connectivity index (χ4v) is 4.16. The lowest BCUT2D eigenvalue weighted by Crippen LogP contribution is -2.45. The number of carbonyl (C=O) groups excluding carboxylic acids is 2. The van der Waals surface area contributed by atoms with Gasteiger partial charge in [0, 0.05) is 32.7 Å². The molecule has 1 saturated heterocycles. The second-order valence-electron chi connectivity index (χ2n) is 8.01. The van der Waals surface area contributed by atoms with Gasteiger partial charge in [0.05, 0.1) is 5.56 Å². The van der Waals surface area contributed by atoms with Crippen molar-refractivity contribution in [2.24, 2.45) is 5.73 Å². The average molecular weight is 501 g/mol. The largest absolute Gasteiger partial charge is 0.471 e. The summed E-state index contributed by atoms with van der Waals surface area (Å²) in [5.74, 6) is -4.85. The van der Waals surface area contributed by atoms with E-state index in [4.69, 9.17) is 10.5 Å². The van der Waals surface area contributed by atoms with Crippen molar-refractivity contribution in [1.29, 1.82) is 0 Å². The van der Waals surface area contributed by atoms with Crippen molar-refractivity contribution in [3.8, 4) is 5.88 Å². The fourth-order valence-electron chi connectivity index (χ4n) is 3.42. The van der Waals surface area contributed by atoms with Crippen LogP contribution in [0.3, 0.4) is 0 Å². The van der Waals surface area contributed by atoms with Crippen LogP contribution in [-0.4, -0.2) is 72.4 Å². The first-order valence-electron chi connectivity index (χ1n) is 10.7. The number of primary amides is 1. The summed E-state index contributed by atoms with van der Waals surface area (Å²) in [4.78, 5) is 28.7. The summed E-state index contributed by atoms with van der Waals surface area (Å²) in [5, 5.41) is 5.21. The average Bonchev–Trinajstić information content (AvgIpc) is 3.18. The number of nitrogens with zero attached hydrogens (tertiary/aromatic N) is 3. The number of piperazine rings is 1. The number of rotatable bonds is 9. The second-order valence-corrected chi connectivity index (χ2v) is 8.78. The third-order valence-corrected chi connectivity index (χ3v) is 6.20. The van der Waals surface area contributed by atoms with Crippen LogP contribution in [0.2, 0.25) is 0 Å². The molecule has 0 aliphatic carbocycles. The van der Waals surface area contributed by atoms with E-state index >= 15 is 0 Å². The molecule has 4 N–H and O–H groups in total. The topological polar surface area (TPSA) is 113 Å². The number of urea groups is 1. The van der Waals surface area contributed by atoms with E-state index < -0.39 is 41.6 Å². The molecule has 1 fully saturated rings. The third kappa shape index (κ3) is 6.36. The molecular weight excluding hydrogens is 473 g/mol. The van der Waals surface area contributed by atoms with E-state index in [1.807, 2.05) is 0 Å². The molecule has 0 spiro atoms. The number of nitrogens with two attached hydrogens (primary N) is 1. The summed E-state index contributed by atoms with van der Waals surface area (Å²) in [6.07, 6.45) is 0.751. The van der Waals surface area contributed by atoms with Gasteiger partial charge in [0.1, 0.15) is 23.0 Å². The van der Waals surface area contributed by atoms with E-state index in [9.17, 15) is 22.8 Å². The number of hydrogen-bond donors (Lipinski definition) is 3. The Bertz CT molecular complexity index is 1040. The predicted molar refractivity (Wildman–Crippen MR) is 122 cm³/mol. The van der Waals surface area contributed by atoms with Gasteiger partial charge in [-0.05, 0) is 50.1 Å². The third-order valence-electron chi connectivity index (χ3n) is 5.46. The molecular formula is C21H27F3N6O3S. The van der Waals surface area contributed by atoms with Gasteiger partial charge in [0.25, 0.3) is 5.91 Å². The lowest BCUT2D eigenvalue weighted by atomic mass is 10.1. The van der Waals surface area contributed by atoms with Crippen LogP contribution in [0.4, 0.5) is 23.0 Å². The summed E-state index contributed by atoms with van der Waals surface area (Å²) in [7, 11) is 2.08. The summed E-state index contributed by atoms with van der Waals surface area (Å²) in [5.41, 5.74) is 4.29. The number of halogens is 3. The lowest BCUT2D eigenvalue weighted by Gasteiger charge is -2.32. The Labute approximate surface area is 199 Å². The number of aryl methyl sites for hydroxylation is 1. The van der Waals surface area contributed by atoms with E-state index in [1.54, 1.807) is 0 Å². The van der Waals surface area contributed by atoms with Crippen LogP contribution in [0.15, 0.2) is 6.07 Å². The molecule has 2 aromatic rings. The van der Waals surface area contributed by atoms with Gasteiger partial charge in [0.15, 0.2) is 11.6 Å². The van der Waals surface area contributed by atoms with Crippen LogP contribution >= 0.6 is 11.5 Å². The van der Waals surface area contributed by atoms with Gasteiger partial charge in [-0.3, -0.25) is 10.1 Å². The van der Waals surface area contributed by atoms with E-state index in [-0.39, 0.29) is 22.0 Å². The molecule has 0 atom stereocenters. The number of carbonyl (C=O) groups is 2. The van der Waals surface area contributed by atoms with Crippen molar-refractivity contribution in [3.63, 3.8) is 0 Å². The number of aromatic nitrogens is 1. The molecule has 0 saturated carbocycles. The standard InChI is InChI=1S/C21H27F3N6O3S/c1-12-10-14(22)13(17(24)16(12)23)11-33-19-15(18(25)31)20(34-28-19)27-21(32)26-4-3-5-30-8-6-29(2)7-9-30/h10H,3-9,11H2,1-2H3,(H2,25,31)(H2,26,27,32). The molecule has 3 amide bonds. The predicted octanol–water partition coefficient (Wildman–Crippen LogP) is 2.31. The molecule has 0 bridgehead atoms. The van der Waals surface area contributed by atoms with Gasteiger partial charge in [0.2, 0.25) is 5.88 Å². The zero-order valence-electron chi connectivity index (χ0n) is 18.9. The van der Waals surface area contributed by atoms with Crippen LogP contribution in [-0.2, 0) is 6.61 Å². The Balaban J connectivity index is 1.55. The Morgan fingerprint density at radius 3 is 2.59 bits per heavy atom. The number of amides is 3. The van der Waals surface area contributed by atoms with Gasteiger partial charge in [-0.1, -0.05) is 0 Å². The molecule has 1 aliphatic heterocycles. The van der Waals surface area contributed by atoms with Crippen molar-refractivity contribution in [2.45, 2.75) is 20.0 Å². The van der Waals surface area contributed by atoms with Gasteiger partial charge in [-0.15, -0.1) is 0 Å². The summed E-state index contributed by atoms with van der Waals surface area (Å²) in [6.45, 7) is 5.77. The molecule has 3 rings (SSSR count). The van der Waals surface area contributed by atoms with Gasteiger partial charge in [-0.25, -0.2) is 18.0 Å². The zero-order valence-corrected chi connectivity index (χ0v) is 19.7. The van der Waals surface area contributed by atoms with E-state index in [0.29, 0.717) is 6.54 Å². The first kappa shape index (κ1) is 25.7. The minimum absolute atomic E-state index is 0.0232. The molecule has 13 heteroatoms. The number of nitrogens with one attached hydrogen (secondary N) is 2. The molecule has 186 valence electrons. The number of hydrogen-bond acceptors (Lipinski definition) is 7. The van der Waals surface area contributed by atoms with Crippen molar-refractivity contribution >= 4 is 28.5 Å². The molecule has 0 unspecified atom stereocenters. The van der Waals surface area contributed by atoms with Crippen LogP contribution < -0.4 is 21.1 Å². The SMILES string of the molecule is Cc1cc(F)c(COc2nsc(NC(=O)NCCCN3CCN(C)CC3)c2C(N)=O)c(F)c1F. The molecule has 0 radical (unpaired) electrons. The van der Waals surface area contributed by atoms with Crippen LogP contribution in [0.25, 0.3) is 0 Å². The molecule has 1 aliphatic rings. The van der Waals surface area contributed by atoms with Crippen molar-refractivity contribution in [2.75, 3.05) is 51.6 Å². The first-order valence-corrected chi connectivity index (χ1v) is 11.5. The zero-order chi connectivity index (χ0) is 24.8. The summed E-state index contributed by atoms with van der Waals surface area (Å²) in [6, 6.07) is 0.280. The Hall–Kier alpha value is -2.90. The fraction of sp³-hybridized carbons (Fsp3) is 0.476. The summed E-state index contributed by atoms with van der Waals surface area (Å²) >= 11 is 0.722. The van der Waals surface area contributed by atoms with Gasteiger partial charge < -0.3 is 25.6 Å². The van der Waals surface area contributed by atoms with Crippen LogP contribution in [0.1, 0.15) is 27.9 Å². The summed E-state index contributed by atoms with van der Waals surface area (Å²) < 4.78 is 51.0. The highest BCUT2D eigenvalue weighted by Gasteiger charge is 2.24. The van der Waals surface area contributed by atoms with Crippen LogP contribution in [0, 0.1) is 24.4 Å². The maximum absolute atomic E-state index is 14.1. The smallest absolute Gasteiger partial charge is 0.319 e. The number of anilines is 1. The maximum atomic E-state index is 14.1. The Kier molecular flexibility index (Phi) is 8.69. The van der Waals surface area contributed by atoms with Crippen molar-refractivity contribution < 1.29 is 27.5 Å². The highest BCUT2D eigenvalue weighted by molar-refractivity contribution is 7.11. The molecule has 1 aromatic heterocycles. The van der Waals surface area contributed by atoms with Crippen LogP contribution in [0.5, 0.6) is 5.88 Å². The highest BCUT2D eigenvalue weighted by Crippen LogP contribution is 2.31. The minimum Gasteiger partial charge on any atom is -0.471 e. The Morgan fingerprint density at radius 1 is 1.21 bits per heavy atom. The second kappa shape index (κ2) is 11.5. The van der Waals surface area contributed by atoms with Crippen molar-refractivity contribution in [1.82, 2.24) is 19.5 Å². The van der Waals surface area contributed by atoms with Gasteiger partial charge >= 0.3 is 6.03 Å². The molecule has 1 aromatic carbocycles. The van der Waals surface area contributed by atoms with E-state index in [1.165, 1.54) is 6.92 Å². The maximum Gasteiger partial charge on any atom is 0.319 e. The lowest BCUT2D eigenvalue weighted by molar-refractivity contribution is 0.0996. The quantitative estimate of drug-likeness (QED) is 0.360.